The summed E-state index contributed by atoms with van der Waals surface area (Å²) in [6.45, 7) is 3.49. The first-order valence-corrected chi connectivity index (χ1v) is 7.29. The van der Waals surface area contributed by atoms with Crippen LogP contribution in [0.25, 0.3) is 5.52 Å². The van der Waals surface area contributed by atoms with Gasteiger partial charge < -0.3 is 9.80 Å². The SMILES string of the molecule is O=C(C1CC1)N1CCN(c2ccnn3cccc23)CC1. The van der Waals surface area contributed by atoms with Gasteiger partial charge in [-0.25, -0.2) is 4.52 Å². The van der Waals surface area contributed by atoms with Crippen molar-refractivity contribution in [2.24, 2.45) is 5.92 Å². The molecule has 2 fully saturated rings. The van der Waals surface area contributed by atoms with Gasteiger partial charge in [0, 0.05) is 44.5 Å². The van der Waals surface area contributed by atoms with Gasteiger partial charge in [-0.2, -0.15) is 5.10 Å². The third-order valence-corrected chi connectivity index (χ3v) is 4.27. The maximum Gasteiger partial charge on any atom is 0.225 e. The molecule has 0 aromatic carbocycles. The van der Waals surface area contributed by atoms with Crippen LogP contribution in [-0.2, 0) is 4.79 Å². The van der Waals surface area contributed by atoms with Gasteiger partial charge in [0.25, 0.3) is 0 Å². The topological polar surface area (TPSA) is 40.9 Å². The fourth-order valence-electron chi connectivity index (χ4n) is 2.96. The lowest BCUT2D eigenvalue weighted by Crippen LogP contribution is -2.49. The number of anilines is 1. The summed E-state index contributed by atoms with van der Waals surface area (Å²) in [4.78, 5) is 16.5. The summed E-state index contributed by atoms with van der Waals surface area (Å²) < 4.78 is 1.90. The maximum atomic E-state index is 12.1. The van der Waals surface area contributed by atoms with Crippen LogP contribution in [0, 0.1) is 5.92 Å². The van der Waals surface area contributed by atoms with Gasteiger partial charge in [0.1, 0.15) is 0 Å². The Labute approximate surface area is 117 Å². The fraction of sp³-hybridized carbons (Fsp3) is 0.467. The molecule has 1 saturated carbocycles. The number of carbonyl (C=O) groups is 1. The van der Waals surface area contributed by atoms with E-state index in [0.717, 1.165) is 44.5 Å². The van der Waals surface area contributed by atoms with Crippen LogP contribution in [0.1, 0.15) is 12.8 Å². The Bertz CT molecular complexity index is 638. The normalized spacial score (nSPS) is 19.6. The number of fused-ring (bicyclic) bond motifs is 1. The van der Waals surface area contributed by atoms with Crippen LogP contribution in [0.2, 0.25) is 0 Å². The Morgan fingerprint density at radius 1 is 1.15 bits per heavy atom. The predicted molar refractivity (Wildman–Crippen MR) is 76.7 cm³/mol. The van der Waals surface area contributed by atoms with Gasteiger partial charge in [-0.05, 0) is 31.0 Å². The molecule has 2 aromatic rings. The Hall–Kier alpha value is -2.04. The molecule has 2 aliphatic rings. The standard InChI is InChI=1S/C15H18N4O/c20-15(12-3-4-12)18-10-8-17(9-11-18)13-5-6-16-19-7-1-2-14(13)19/h1-2,5-7,12H,3-4,8-11H2. The fourth-order valence-corrected chi connectivity index (χ4v) is 2.96. The van der Waals surface area contributed by atoms with Crippen LogP contribution in [0.15, 0.2) is 30.6 Å². The van der Waals surface area contributed by atoms with E-state index in [1.165, 1.54) is 5.69 Å². The Morgan fingerprint density at radius 3 is 2.70 bits per heavy atom. The zero-order valence-electron chi connectivity index (χ0n) is 11.4. The lowest BCUT2D eigenvalue weighted by molar-refractivity contribution is -0.132. The Balaban J connectivity index is 1.51. The number of piperazine rings is 1. The first kappa shape index (κ1) is 11.8. The minimum Gasteiger partial charge on any atom is -0.366 e. The van der Waals surface area contributed by atoms with Crippen molar-refractivity contribution in [3.05, 3.63) is 30.6 Å². The molecule has 4 rings (SSSR count). The molecule has 0 bridgehead atoms. The van der Waals surface area contributed by atoms with Crippen LogP contribution < -0.4 is 4.90 Å². The number of amides is 1. The van der Waals surface area contributed by atoms with E-state index in [2.05, 4.69) is 22.1 Å². The lowest BCUT2D eigenvalue weighted by Gasteiger charge is -2.36. The van der Waals surface area contributed by atoms with Crippen molar-refractivity contribution in [2.45, 2.75) is 12.8 Å². The number of aromatic nitrogens is 2. The van der Waals surface area contributed by atoms with Crippen LogP contribution in [0.3, 0.4) is 0 Å². The molecule has 5 nitrogen and oxygen atoms in total. The van der Waals surface area contributed by atoms with Gasteiger partial charge in [-0.1, -0.05) is 0 Å². The average molecular weight is 270 g/mol. The lowest BCUT2D eigenvalue weighted by atomic mass is 10.2. The molecule has 0 atom stereocenters. The number of hydrogen-bond donors (Lipinski definition) is 0. The second-order valence-electron chi connectivity index (χ2n) is 5.64. The smallest absolute Gasteiger partial charge is 0.225 e. The molecule has 1 aliphatic carbocycles. The highest BCUT2D eigenvalue weighted by molar-refractivity contribution is 5.81. The van der Waals surface area contributed by atoms with Gasteiger partial charge in [0.2, 0.25) is 5.91 Å². The minimum atomic E-state index is 0.333. The average Bonchev–Trinajstić information content (AvgIpc) is 3.23. The van der Waals surface area contributed by atoms with Crippen molar-refractivity contribution in [3.8, 4) is 0 Å². The summed E-state index contributed by atoms with van der Waals surface area (Å²) in [5.41, 5.74) is 2.35. The van der Waals surface area contributed by atoms with E-state index in [1.54, 1.807) is 0 Å². The van der Waals surface area contributed by atoms with Crippen molar-refractivity contribution in [1.29, 1.82) is 0 Å². The van der Waals surface area contributed by atoms with E-state index in [-0.39, 0.29) is 0 Å². The summed E-state index contributed by atoms with van der Waals surface area (Å²) in [5, 5.41) is 4.30. The summed E-state index contributed by atoms with van der Waals surface area (Å²) in [6, 6.07) is 6.16. The van der Waals surface area contributed by atoms with E-state index < -0.39 is 0 Å². The number of hydrogen-bond acceptors (Lipinski definition) is 3. The first-order valence-electron chi connectivity index (χ1n) is 7.29. The highest BCUT2D eigenvalue weighted by Gasteiger charge is 2.34. The molecule has 1 saturated heterocycles. The number of nitrogens with zero attached hydrogens (tertiary/aromatic N) is 4. The molecule has 5 heteroatoms. The van der Waals surface area contributed by atoms with Gasteiger partial charge >= 0.3 is 0 Å². The van der Waals surface area contributed by atoms with Crippen molar-refractivity contribution in [2.75, 3.05) is 31.1 Å². The predicted octanol–water partition coefficient (Wildman–Crippen LogP) is 1.39. The van der Waals surface area contributed by atoms with Crippen LogP contribution in [0.4, 0.5) is 5.69 Å². The van der Waals surface area contributed by atoms with Gasteiger partial charge in [-0.15, -0.1) is 0 Å². The molecule has 0 unspecified atom stereocenters. The second kappa shape index (κ2) is 4.51. The molecular formula is C15H18N4O. The molecule has 2 aromatic heterocycles. The summed E-state index contributed by atoms with van der Waals surface area (Å²) in [6.07, 6.45) is 5.98. The highest BCUT2D eigenvalue weighted by atomic mass is 16.2. The second-order valence-corrected chi connectivity index (χ2v) is 5.64. The molecular weight excluding hydrogens is 252 g/mol. The first-order chi connectivity index (χ1) is 9.83. The Kier molecular flexibility index (Phi) is 2.65. The van der Waals surface area contributed by atoms with Crippen molar-refractivity contribution in [1.82, 2.24) is 14.5 Å². The Morgan fingerprint density at radius 2 is 1.95 bits per heavy atom. The molecule has 1 amide bonds. The molecule has 1 aliphatic heterocycles. The summed E-state index contributed by atoms with van der Waals surface area (Å²) in [5.74, 6) is 0.701. The maximum absolute atomic E-state index is 12.1. The van der Waals surface area contributed by atoms with Crippen molar-refractivity contribution in [3.63, 3.8) is 0 Å². The van der Waals surface area contributed by atoms with Crippen LogP contribution in [-0.4, -0.2) is 46.6 Å². The molecule has 104 valence electrons. The van der Waals surface area contributed by atoms with Crippen molar-refractivity contribution >= 4 is 17.1 Å². The molecule has 0 spiro atoms. The molecule has 0 radical (unpaired) electrons. The summed E-state index contributed by atoms with van der Waals surface area (Å²) >= 11 is 0. The quantitative estimate of drug-likeness (QED) is 0.828. The van der Waals surface area contributed by atoms with Crippen LogP contribution >= 0.6 is 0 Å². The zero-order valence-corrected chi connectivity index (χ0v) is 11.4. The number of carbonyl (C=O) groups excluding carboxylic acids is 1. The van der Waals surface area contributed by atoms with Crippen LogP contribution in [0.5, 0.6) is 0 Å². The third kappa shape index (κ3) is 1.94. The number of rotatable bonds is 2. The van der Waals surface area contributed by atoms with E-state index in [9.17, 15) is 4.79 Å². The molecule has 0 N–H and O–H groups in total. The monoisotopic (exact) mass is 270 g/mol. The molecule has 3 heterocycles. The summed E-state index contributed by atoms with van der Waals surface area (Å²) in [7, 11) is 0. The van der Waals surface area contributed by atoms with E-state index in [1.807, 2.05) is 27.9 Å². The van der Waals surface area contributed by atoms with Gasteiger partial charge in [-0.3, -0.25) is 4.79 Å². The van der Waals surface area contributed by atoms with Gasteiger partial charge in [0.05, 0.1) is 11.2 Å². The minimum absolute atomic E-state index is 0.333. The van der Waals surface area contributed by atoms with E-state index in [4.69, 9.17) is 0 Å². The van der Waals surface area contributed by atoms with E-state index in [0.29, 0.717) is 11.8 Å². The third-order valence-electron chi connectivity index (χ3n) is 4.27. The largest absolute Gasteiger partial charge is 0.366 e. The highest BCUT2D eigenvalue weighted by Crippen LogP contribution is 2.31. The van der Waals surface area contributed by atoms with Crippen molar-refractivity contribution < 1.29 is 4.79 Å². The zero-order chi connectivity index (χ0) is 13.5. The van der Waals surface area contributed by atoms with Gasteiger partial charge in [0.15, 0.2) is 0 Å². The molecule has 20 heavy (non-hydrogen) atoms. The van der Waals surface area contributed by atoms with E-state index >= 15 is 0 Å².